The number of nitrogens with one attached hydrogen (secondary N) is 2. The third-order valence-electron chi connectivity index (χ3n) is 5.36. The van der Waals surface area contributed by atoms with Crippen molar-refractivity contribution in [2.45, 2.75) is 19.3 Å². The highest BCUT2D eigenvalue weighted by Crippen LogP contribution is 2.38. The van der Waals surface area contributed by atoms with Crippen LogP contribution in [-0.2, 0) is 17.6 Å². The Hall–Kier alpha value is -2.07. The van der Waals surface area contributed by atoms with Gasteiger partial charge in [-0.2, -0.15) is 5.26 Å². The first-order chi connectivity index (χ1) is 13.2. The maximum atomic E-state index is 12.5. The van der Waals surface area contributed by atoms with Gasteiger partial charge in [-0.05, 0) is 37.0 Å². The predicted molar refractivity (Wildman–Crippen MR) is 109 cm³/mol. The molecule has 1 aromatic carbocycles. The second kappa shape index (κ2) is 7.89. The highest BCUT2D eigenvalue weighted by atomic mass is 35.5. The van der Waals surface area contributed by atoms with Crippen LogP contribution in [0, 0.1) is 11.3 Å². The standard InChI is InChI=1S/C20H21ClN4OS/c21-16-5-1-2-6-17(16)25-10-8-24(9-11-25)13-19(26)23-20-15(12-22)14-4-3-7-18(14)27-20/h1-2,5-6H,3-4,7-11,13H2,(H,23,26)/p+1. The second-order valence-electron chi connectivity index (χ2n) is 7.09. The lowest BCUT2D eigenvalue weighted by atomic mass is 10.1. The minimum Gasteiger partial charge on any atom is -0.359 e. The monoisotopic (exact) mass is 401 g/mol. The van der Waals surface area contributed by atoms with Gasteiger partial charge in [0, 0.05) is 4.88 Å². The summed E-state index contributed by atoms with van der Waals surface area (Å²) < 4.78 is 0. The quantitative estimate of drug-likeness (QED) is 0.824. The zero-order chi connectivity index (χ0) is 18.8. The number of rotatable bonds is 4. The van der Waals surface area contributed by atoms with Crippen LogP contribution in [0.15, 0.2) is 24.3 Å². The number of anilines is 2. The molecule has 2 aliphatic rings. The number of nitrogens with zero attached hydrogens (tertiary/aromatic N) is 2. The minimum absolute atomic E-state index is 0.00684. The van der Waals surface area contributed by atoms with Crippen LogP contribution in [0.2, 0.25) is 5.02 Å². The first-order valence-electron chi connectivity index (χ1n) is 9.33. The molecule has 1 aliphatic heterocycles. The molecule has 1 fully saturated rings. The Balaban J connectivity index is 1.33. The number of benzene rings is 1. The van der Waals surface area contributed by atoms with Gasteiger partial charge in [0.05, 0.1) is 42.5 Å². The van der Waals surface area contributed by atoms with Crippen LogP contribution in [0.3, 0.4) is 0 Å². The van der Waals surface area contributed by atoms with Crippen molar-refractivity contribution in [2.24, 2.45) is 0 Å². The van der Waals surface area contributed by atoms with Crippen molar-refractivity contribution >= 4 is 39.5 Å². The summed E-state index contributed by atoms with van der Waals surface area (Å²) >= 11 is 7.87. The molecule has 0 saturated carbocycles. The zero-order valence-corrected chi connectivity index (χ0v) is 16.6. The lowest BCUT2D eigenvalue weighted by Crippen LogP contribution is -3.15. The summed E-state index contributed by atoms with van der Waals surface area (Å²) in [5, 5.41) is 14.0. The molecule has 1 aromatic heterocycles. The van der Waals surface area contributed by atoms with E-state index in [4.69, 9.17) is 11.6 Å². The average Bonchev–Trinajstić information content (AvgIpc) is 3.23. The van der Waals surface area contributed by atoms with Crippen molar-refractivity contribution < 1.29 is 9.69 Å². The lowest BCUT2D eigenvalue weighted by Gasteiger charge is -2.33. The highest BCUT2D eigenvalue weighted by Gasteiger charge is 2.26. The van der Waals surface area contributed by atoms with Crippen LogP contribution in [0.4, 0.5) is 10.7 Å². The summed E-state index contributed by atoms with van der Waals surface area (Å²) in [5.74, 6) is -0.00684. The van der Waals surface area contributed by atoms with E-state index in [2.05, 4.69) is 16.3 Å². The molecule has 1 saturated heterocycles. The van der Waals surface area contributed by atoms with E-state index in [0.29, 0.717) is 12.1 Å². The van der Waals surface area contributed by atoms with Crippen molar-refractivity contribution in [2.75, 3.05) is 42.9 Å². The highest BCUT2D eigenvalue weighted by molar-refractivity contribution is 7.16. The second-order valence-corrected chi connectivity index (χ2v) is 8.60. The number of piperazine rings is 1. The summed E-state index contributed by atoms with van der Waals surface area (Å²) in [6.07, 6.45) is 3.10. The third-order valence-corrected chi connectivity index (χ3v) is 6.89. The Morgan fingerprint density at radius 1 is 1.30 bits per heavy atom. The number of carbonyl (C=O) groups excluding carboxylic acids is 1. The maximum absolute atomic E-state index is 12.5. The number of nitriles is 1. The first-order valence-corrected chi connectivity index (χ1v) is 10.5. The predicted octanol–water partition coefficient (Wildman–Crippen LogP) is 2.11. The fourth-order valence-electron chi connectivity index (χ4n) is 3.96. The van der Waals surface area contributed by atoms with E-state index >= 15 is 0 Å². The number of para-hydroxylation sites is 1. The molecule has 0 spiro atoms. The fraction of sp³-hybridized carbons (Fsp3) is 0.400. The summed E-state index contributed by atoms with van der Waals surface area (Å²) in [4.78, 5) is 17.3. The van der Waals surface area contributed by atoms with Crippen LogP contribution in [0.25, 0.3) is 0 Å². The van der Waals surface area contributed by atoms with Gasteiger partial charge in [-0.3, -0.25) is 4.79 Å². The van der Waals surface area contributed by atoms with E-state index in [1.807, 2.05) is 24.3 Å². The topological polar surface area (TPSA) is 60.6 Å². The van der Waals surface area contributed by atoms with Gasteiger partial charge >= 0.3 is 0 Å². The van der Waals surface area contributed by atoms with Crippen molar-refractivity contribution in [3.8, 4) is 6.07 Å². The lowest BCUT2D eigenvalue weighted by molar-refractivity contribution is -0.892. The first kappa shape index (κ1) is 18.3. The van der Waals surface area contributed by atoms with Crippen molar-refractivity contribution in [3.05, 3.63) is 45.3 Å². The summed E-state index contributed by atoms with van der Waals surface area (Å²) in [5.41, 5.74) is 2.90. The molecular weight excluding hydrogens is 380 g/mol. The molecule has 0 bridgehead atoms. The summed E-state index contributed by atoms with van der Waals surface area (Å²) in [6.45, 7) is 3.98. The Labute approximate surface area is 168 Å². The van der Waals surface area contributed by atoms with Gasteiger partial charge in [0.15, 0.2) is 6.54 Å². The Morgan fingerprint density at radius 3 is 2.81 bits per heavy atom. The average molecular weight is 402 g/mol. The Kier molecular flexibility index (Phi) is 5.35. The van der Waals surface area contributed by atoms with Gasteiger partial charge in [0.1, 0.15) is 11.1 Å². The SMILES string of the molecule is N#Cc1c(NC(=O)C[NH+]2CCN(c3ccccc3Cl)CC2)sc2c1CCC2. The molecule has 1 aliphatic carbocycles. The van der Waals surface area contributed by atoms with Crippen LogP contribution in [0.1, 0.15) is 22.4 Å². The number of thiophene rings is 1. The number of fused-ring (bicyclic) bond motifs is 1. The summed E-state index contributed by atoms with van der Waals surface area (Å²) in [7, 11) is 0. The molecule has 140 valence electrons. The number of aryl methyl sites for hydroxylation is 1. The van der Waals surface area contributed by atoms with Crippen LogP contribution in [-0.4, -0.2) is 38.6 Å². The smallest absolute Gasteiger partial charge is 0.280 e. The Morgan fingerprint density at radius 2 is 2.07 bits per heavy atom. The number of hydrogen-bond donors (Lipinski definition) is 2. The van der Waals surface area contributed by atoms with Crippen LogP contribution >= 0.6 is 22.9 Å². The van der Waals surface area contributed by atoms with Crippen LogP contribution in [0.5, 0.6) is 0 Å². The van der Waals surface area contributed by atoms with E-state index in [1.54, 1.807) is 11.3 Å². The fourth-order valence-corrected chi connectivity index (χ4v) is 5.47. The Bertz CT molecular complexity index is 896. The molecule has 4 rings (SSSR count). The van der Waals surface area contributed by atoms with Gasteiger partial charge in [-0.15, -0.1) is 11.3 Å². The maximum Gasteiger partial charge on any atom is 0.280 e. The van der Waals surface area contributed by atoms with E-state index in [9.17, 15) is 10.1 Å². The number of carbonyl (C=O) groups is 1. The van der Waals surface area contributed by atoms with Crippen molar-refractivity contribution in [1.82, 2.24) is 0 Å². The van der Waals surface area contributed by atoms with Crippen molar-refractivity contribution in [3.63, 3.8) is 0 Å². The number of hydrogen-bond acceptors (Lipinski definition) is 4. The van der Waals surface area contributed by atoms with Gasteiger partial charge in [-0.1, -0.05) is 23.7 Å². The molecule has 27 heavy (non-hydrogen) atoms. The zero-order valence-electron chi connectivity index (χ0n) is 15.1. The van der Waals surface area contributed by atoms with E-state index in [0.717, 1.165) is 66.7 Å². The molecule has 0 atom stereocenters. The molecule has 0 radical (unpaired) electrons. The number of amides is 1. The van der Waals surface area contributed by atoms with Gasteiger partial charge in [0.25, 0.3) is 5.91 Å². The third kappa shape index (κ3) is 3.81. The van der Waals surface area contributed by atoms with Gasteiger partial charge in [0.2, 0.25) is 0 Å². The minimum atomic E-state index is -0.00684. The van der Waals surface area contributed by atoms with Crippen molar-refractivity contribution in [1.29, 1.82) is 5.26 Å². The molecule has 0 unspecified atom stereocenters. The number of halogens is 1. The number of quaternary nitrogens is 1. The van der Waals surface area contributed by atoms with Crippen LogP contribution < -0.4 is 15.1 Å². The van der Waals surface area contributed by atoms with E-state index in [-0.39, 0.29) is 5.91 Å². The molecular formula is C20H22ClN4OS+. The van der Waals surface area contributed by atoms with Gasteiger partial charge in [-0.25, -0.2) is 0 Å². The largest absolute Gasteiger partial charge is 0.359 e. The normalized spacial score (nSPS) is 16.8. The van der Waals surface area contributed by atoms with E-state index < -0.39 is 0 Å². The molecule has 2 N–H and O–H groups in total. The molecule has 1 amide bonds. The molecule has 2 aromatic rings. The van der Waals surface area contributed by atoms with Gasteiger partial charge < -0.3 is 15.1 Å². The molecule has 5 nitrogen and oxygen atoms in total. The molecule has 2 heterocycles. The summed E-state index contributed by atoms with van der Waals surface area (Å²) in [6, 6.07) is 10.2. The van der Waals surface area contributed by atoms with E-state index in [1.165, 1.54) is 9.78 Å². The molecule has 7 heteroatoms.